The Kier molecular flexibility index (Phi) is 5.34. The lowest BCUT2D eigenvalue weighted by molar-refractivity contribution is -0.118. The zero-order valence-corrected chi connectivity index (χ0v) is 10.8. The molecule has 0 heterocycles. The van der Waals surface area contributed by atoms with Crippen LogP contribution in [0.25, 0.3) is 0 Å². The molecule has 1 amide bonds. The number of guanidine groups is 2. The van der Waals surface area contributed by atoms with E-state index < -0.39 is 0 Å². The second-order valence-electron chi connectivity index (χ2n) is 3.91. The summed E-state index contributed by atoms with van der Waals surface area (Å²) in [6.45, 7) is 2.10. The average Bonchev–Trinajstić information content (AvgIpc) is 2.29. The molecule has 102 valence electrons. The highest BCUT2D eigenvalue weighted by Gasteiger charge is 1.96. The lowest BCUT2D eigenvalue weighted by atomic mass is 10.1. The number of hydrogen-bond acceptors (Lipinski definition) is 2. The lowest BCUT2D eigenvalue weighted by Gasteiger charge is -2.03. The van der Waals surface area contributed by atoms with E-state index in [4.69, 9.17) is 17.2 Å². The first-order valence-electron chi connectivity index (χ1n) is 5.74. The van der Waals surface area contributed by atoms with Crippen LogP contribution < -0.4 is 22.5 Å². The van der Waals surface area contributed by atoms with Crippen molar-refractivity contribution in [3.8, 4) is 0 Å². The first kappa shape index (κ1) is 14.5. The van der Waals surface area contributed by atoms with Gasteiger partial charge >= 0.3 is 0 Å². The van der Waals surface area contributed by atoms with Crippen molar-refractivity contribution in [2.75, 3.05) is 6.54 Å². The third kappa shape index (κ3) is 6.06. The van der Waals surface area contributed by atoms with E-state index in [-0.39, 0.29) is 17.8 Å². The van der Waals surface area contributed by atoms with E-state index in [1.807, 2.05) is 12.1 Å². The predicted molar refractivity (Wildman–Crippen MR) is 75.9 cm³/mol. The van der Waals surface area contributed by atoms with Crippen LogP contribution in [0.5, 0.6) is 0 Å². The monoisotopic (exact) mass is 262 g/mol. The van der Waals surface area contributed by atoms with E-state index in [9.17, 15) is 4.79 Å². The minimum Gasteiger partial charge on any atom is -0.370 e. The topological polar surface area (TPSA) is 132 Å². The number of benzene rings is 1. The van der Waals surface area contributed by atoms with Crippen molar-refractivity contribution in [3.63, 3.8) is 0 Å². The molecule has 1 rings (SSSR count). The van der Waals surface area contributed by atoms with Crippen molar-refractivity contribution in [2.24, 2.45) is 27.2 Å². The van der Waals surface area contributed by atoms with E-state index in [0.717, 1.165) is 12.0 Å². The highest BCUT2D eigenvalue weighted by molar-refractivity contribution is 5.93. The number of nitrogens with zero attached hydrogens (tertiary/aromatic N) is 2. The summed E-state index contributed by atoms with van der Waals surface area (Å²) < 4.78 is 0. The Morgan fingerprint density at radius 3 is 2.37 bits per heavy atom. The van der Waals surface area contributed by atoms with Crippen molar-refractivity contribution in [1.29, 1.82) is 0 Å². The fraction of sp³-hybridized carbons (Fsp3) is 0.250. The zero-order chi connectivity index (χ0) is 14.3. The first-order chi connectivity index (χ1) is 8.97. The summed E-state index contributed by atoms with van der Waals surface area (Å²) in [5.41, 5.74) is 17.6. The van der Waals surface area contributed by atoms with Crippen LogP contribution in [0.2, 0.25) is 0 Å². The van der Waals surface area contributed by atoms with Crippen molar-refractivity contribution in [2.45, 2.75) is 13.3 Å². The largest absolute Gasteiger partial charge is 0.370 e. The SMILES string of the molecule is CC(=O)NCCc1ccc(N=C(N)N=C(N)N)cc1. The maximum Gasteiger partial charge on any atom is 0.223 e. The molecule has 0 aliphatic rings. The maximum atomic E-state index is 10.7. The number of amides is 1. The van der Waals surface area contributed by atoms with Crippen LogP contribution in [-0.4, -0.2) is 24.4 Å². The molecule has 0 radical (unpaired) electrons. The number of nitrogens with one attached hydrogen (secondary N) is 1. The van der Waals surface area contributed by atoms with Crippen LogP contribution >= 0.6 is 0 Å². The van der Waals surface area contributed by atoms with Crippen LogP contribution in [0.1, 0.15) is 12.5 Å². The number of carbonyl (C=O) groups excluding carboxylic acids is 1. The standard InChI is InChI=1S/C12H18N6O/c1-8(19)16-7-6-9-2-4-10(5-3-9)17-12(15)18-11(13)14/h2-5H,6-7H2,1H3,(H,16,19)(H6,13,14,15,17,18). The van der Waals surface area contributed by atoms with E-state index in [1.54, 1.807) is 12.1 Å². The van der Waals surface area contributed by atoms with Crippen LogP contribution in [0.4, 0.5) is 5.69 Å². The Balaban J connectivity index is 2.61. The summed E-state index contributed by atoms with van der Waals surface area (Å²) in [6, 6.07) is 7.42. The number of hydrogen-bond donors (Lipinski definition) is 4. The second kappa shape index (κ2) is 7.00. The molecule has 0 saturated heterocycles. The van der Waals surface area contributed by atoms with Gasteiger partial charge in [0.1, 0.15) is 0 Å². The molecular formula is C12H18N6O. The quantitative estimate of drug-likeness (QED) is 0.433. The van der Waals surface area contributed by atoms with Gasteiger partial charge in [-0.15, -0.1) is 0 Å². The van der Waals surface area contributed by atoms with Crippen molar-refractivity contribution < 1.29 is 4.79 Å². The summed E-state index contributed by atoms with van der Waals surface area (Å²) in [4.78, 5) is 18.4. The Hall–Kier alpha value is -2.57. The molecule has 0 aliphatic carbocycles. The van der Waals surface area contributed by atoms with Crippen molar-refractivity contribution in [3.05, 3.63) is 29.8 Å². The highest BCUT2D eigenvalue weighted by atomic mass is 16.1. The molecule has 0 spiro atoms. The van der Waals surface area contributed by atoms with Gasteiger partial charge in [0.05, 0.1) is 5.69 Å². The van der Waals surface area contributed by atoms with Gasteiger partial charge in [0.25, 0.3) is 0 Å². The summed E-state index contributed by atoms with van der Waals surface area (Å²) >= 11 is 0. The smallest absolute Gasteiger partial charge is 0.223 e. The van der Waals surface area contributed by atoms with Gasteiger partial charge in [-0.05, 0) is 24.1 Å². The average molecular weight is 262 g/mol. The van der Waals surface area contributed by atoms with Crippen LogP contribution in [0, 0.1) is 0 Å². The molecule has 0 atom stereocenters. The molecule has 7 nitrogen and oxygen atoms in total. The fourth-order valence-electron chi connectivity index (χ4n) is 1.41. The van der Waals surface area contributed by atoms with Crippen molar-refractivity contribution in [1.82, 2.24) is 5.32 Å². The summed E-state index contributed by atoms with van der Waals surface area (Å²) in [6.07, 6.45) is 0.757. The third-order valence-electron chi connectivity index (χ3n) is 2.21. The van der Waals surface area contributed by atoms with Crippen molar-refractivity contribution >= 4 is 23.5 Å². The van der Waals surface area contributed by atoms with Gasteiger partial charge in [-0.3, -0.25) is 4.79 Å². The Morgan fingerprint density at radius 1 is 1.21 bits per heavy atom. The number of nitrogens with two attached hydrogens (primary N) is 3. The zero-order valence-electron chi connectivity index (χ0n) is 10.8. The molecule has 0 bridgehead atoms. The maximum absolute atomic E-state index is 10.7. The minimum absolute atomic E-state index is 0.00555. The molecule has 0 aliphatic heterocycles. The molecule has 19 heavy (non-hydrogen) atoms. The normalized spacial score (nSPS) is 10.9. The van der Waals surface area contributed by atoms with Gasteiger partial charge in [-0.25, -0.2) is 4.99 Å². The number of aliphatic imine (C=N–C) groups is 2. The molecule has 7 N–H and O–H groups in total. The molecule has 7 heteroatoms. The van der Waals surface area contributed by atoms with Crippen LogP contribution in [-0.2, 0) is 11.2 Å². The van der Waals surface area contributed by atoms with Gasteiger partial charge in [0.2, 0.25) is 11.9 Å². The fourth-order valence-corrected chi connectivity index (χ4v) is 1.41. The third-order valence-corrected chi connectivity index (χ3v) is 2.21. The summed E-state index contributed by atoms with van der Waals surface area (Å²) in [5.74, 6) is -0.162. The summed E-state index contributed by atoms with van der Waals surface area (Å²) in [5, 5.41) is 2.73. The minimum atomic E-state index is -0.131. The molecular weight excluding hydrogens is 244 g/mol. The molecule has 1 aromatic carbocycles. The van der Waals surface area contributed by atoms with E-state index in [0.29, 0.717) is 12.2 Å². The molecule has 0 saturated carbocycles. The van der Waals surface area contributed by atoms with Crippen LogP contribution in [0.15, 0.2) is 34.3 Å². The Labute approximate surface area is 111 Å². The van der Waals surface area contributed by atoms with Gasteiger partial charge in [0, 0.05) is 13.5 Å². The van der Waals surface area contributed by atoms with Gasteiger partial charge in [0.15, 0.2) is 5.96 Å². The highest BCUT2D eigenvalue weighted by Crippen LogP contribution is 2.13. The van der Waals surface area contributed by atoms with Gasteiger partial charge in [-0.1, -0.05) is 12.1 Å². The second-order valence-corrected chi connectivity index (χ2v) is 3.91. The molecule has 1 aromatic rings. The Morgan fingerprint density at radius 2 is 1.84 bits per heavy atom. The molecule has 0 fully saturated rings. The van der Waals surface area contributed by atoms with Crippen LogP contribution in [0.3, 0.4) is 0 Å². The predicted octanol–water partition coefficient (Wildman–Crippen LogP) is -0.415. The first-order valence-corrected chi connectivity index (χ1v) is 5.74. The van der Waals surface area contributed by atoms with E-state index >= 15 is 0 Å². The lowest BCUT2D eigenvalue weighted by Crippen LogP contribution is -2.26. The number of carbonyl (C=O) groups is 1. The Bertz CT molecular complexity index is 487. The molecule has 0 aromatic heterocycles. The molecule has 0 unspecified atom stereocenters. The summed E-state index contributed by atoms with van der Waals surface area (Å²) in [7, 11) is 0. The van der Waals surface area contributed by atoms with Gasteiger partial charge in [-0.2, -0.15) is 4.99 Å². The number of rotatable bonds is 4. The van der Waals surface area contributed by atoms with Gasteiger partial charge < -0.3 is 22.5 Å². The van der Waals surface area contributed by atoms with E-state index in [1.165, 1.54) is 6.92 Å². The van der Waals surface area contributed by atoms with E-state index in [2.05, 4.69) is 15.3 Å².